The van der Waals surface area contributed by atoms with E-state index in [2.05, 4.69) is 18.8 Å². The van der Waals surface area contributed by atoms with Crippen molar-refractivity contribution < 1.29 is 14.2 Å². The molecular formula is C18H29NO3. The van der Waals surface area contributed by atoms with Crippen molar-refractivity contribution >= 4 is 0 Å². The molecule has 124 valence electrons. The first-order chi connectivity index (χ1) is 10.8. The van der Waals surface area contributed by atoms with Crippen molar-refractivity contribution in [3.8, 4) is 11.5 Å². The zero-order chi connectivity index (χ0) is 16.0. The fourth-order valence-electron chi connectivity index (χ4n) is 2.01. The van der Waals surface area contributed by atoms with Crippen LogP contribution in [0.4, 0.5) is 0 Å². The van der Waals surface area contributed by atoms with E-state index >= 15 is 0 Å². The summed E-state index contributed by atoms with van der Waals surface area (Å²) in [5.74, 6) is 1.52. The number of ether oxygens (including phenoxy) is 3. The Kier molecular flexibility index (Phi) is 10.2. The van der Waals surface area contributed by atoms with E-state index in [0.717, 1.165) is 44.1 Å². The number of rotatable bonds is 13. The number of unbranched alkanes of at least 4 members (excludes halogenated alkanes) is 1. The lowest BCUT2D eigenvalue weighted by Crippen LogP contribution is -2.32. The van der Waals surface area contributed by atoms with Gasteiger partial charge in [0.1, 0.15) is 6.61 Å². The lowest BCUT2D eigenvalue weighted by atomic mass is 10.2. The number of methoxy groups -OCH3 is 1. The molecule has 0 radical (unpaired) electrons. The molecule has 1 N–H and O–H groups in total. The Hall–Kier alpha value is -1.52. The van der Waals surface area contributed by atoms with Crippen LogP contribution in [0.1, 0.15) is 26.2 Å². The summed E-state index contributed by atoms with van der Waals surface area (Å²) in [6, 6.07) is 7.92. The molecule has 0 amide bonds. The SMILES string of the molecule is C=C[C@H](CCOCCCC)NCCOc1ccccc1OC. The third-order valence-corrected chi connectivity index (χ3v) is 3.34. The Labute approximate surface area is 134 Å². The molecule has 1 aromatic carbocycles. The van der Waals surface area contributed by atoms with Crippen molar-refractivity contribution in [3.05, 3.63) is 36.9 Å². The van der Waals surface area contributed by atoms with E-state index in [1.807, 2.05) is 30.3 Å². The maximum atomic E-state index is 5.73. The van der Waals surface area contributed by atoms with E-state index in [9.17, 15) is 0 Å². The van der Waals surface area contributed by atoms with E-state index in [1.165, 1.54) is 6.42 Å². The Balaban J connectivity index is 2.17. The second kappa shape index (κ2) is 12.1. The van der Waals surface area contributed by atoms with Gasteiger partial charge in [0.25, 0.3) is 0 Å². The van der Waals surface area contributed by atoms with Crippen LogP contribution in [0, 0.1) is 0 Å². The van der Waals surface area contributed by atoms with E-state index < -0.39 is 0 Å². The molecule has 1 rings (SSSR count). The van der Waals surface area contributed by atoms with Crippen LogP contribution in [-0.4, -0.2) is 39.5 Å². The van der Waals surface area contributed by atoms with Gasteiger partial charge in [-0.25, -0.2) is 0 Å². The molecule has 0 aliphatic rings. The van der Waals surface area contributed by atoms with Gasteiger partial charge >= 0.3 is 0 Å². The first-order valence-corrected chi connectivity index (χ1v) is 8.01. The lowest BCUT2D eigenvalue weighted by Gasteiger charge is -2.16. The van der Waals surface area contributed by atoms with Gasteiger partial charge in [-0.3, -0.25) is 0 Å². The molecule has 0 unspecified atom stereocenters. The molecule has 0 heterocycles. The van der Waals surface area contributed by atoms with Crippen LogP contribution in [0.3, 0.4) is 0 Å². The highest BCUT2D eigenvalue weighted by atomic mass is 16.5. The van der Waals surface area contributed by atoms with Gasteiger partial charge in [-0.1, -0.05) is 31.6 Å². The smallest absolute Gasteiger partial charge is 0.161 e. The third kappa shape index (κ3) is 7.48. The van der Waals surface area contributed by atoms with E-state index in [1.54, 1.807) is 7.11 Å². The summed E-state index contributed by atoms with van der Waals surface area (Å²) in [6.45, 7) is 8.97. The zero-order valence-corrected chi connectivity index (χ0v) is 13.8. The van der Waals surface area contributed by atoms with Crippen LogP contribution < -0.4 is 14.8 Å². The third-order valence-electron chi connectivity index (χ3n) is 3.34. The van der Waals surface area contributed by atoms with Gasteiger partial charge in [0.2, 0.25) is 0 Å². The molecule has 22 heavy (non-hydrogen) atoms. The minimum absolute atomic E-state index is 0.253. The molecular weight excluding hydrogens is 278 g/mol. The minimum atomic E-state index is 0.253. The fourth-order valence-corrected chi connectivity index (χ4v) is 2.01. The molecule has 0 saturated carbocycles. The number of para-hydroxylation sites is 2. The van der Waals surface area contributed by atoms with Gasteiger partial charge in [-0.2, -0.15) is 0 Å². The van der Waals surface area contributed by atoms with Gasteiger partial charge in [0.05, 0.1) is 7.11 Å². The summed E-state index contributed by atoms with van der Waals surface area (Å²) in [6.07, 6.45) is 5.15. The van der Waals surface area contributed by atoms with Crippen LogP contribution in [0.2, 0.25) is 0 Å². The molecule has 0 aliphatic carbocycles. The largest absolute Gasteiger partial charge is 0.493 e. The second-order valence-corrected chi connectivity index (χ2v) is 5.05. The van der Waals surface area contributed by atoms with Gasteiger partial charge in [0, 0.05) is 25.8 Å². The van der Waals surface area contributed by atoms with Crippen molar-refractivity contribution in [1.82, 2.24) is 5.32 Å². The van der Waals surface area contributed by atoms with Crippen LogP contribution in [0.25, 0.3) is 0 Å². The van der Waals surface area contributed by atoms with Crippen molar-refractivity contribution in [1.29, 1.82) is 0 Å². The summed E-state index contributed by atoms with van der Waals surface area (Å²) in [4.78, 5) is 0. The molecule has 1 atom stereocenters. The predicted octanol–water partition coefficient (Wildman–Crippen LogP) is 3.43. The topological polar surface area (TPSA) is 39.7 Å². The molecule has 4 heteroatoms. The highest BCUT2D eigenvalue weighted by molar-refractivity contribution is 5.39. The molecule has 0 aromatic heterocycles. The normalized spacial score (nSPS) is 11.9. The number of hydrogen-bond donors (Lipinski definition) is 1. The van der Waals surface area contributed by atoms with Gasteiger partial charge < -0.3 is 19.5 Å². The van der Waals surface area contributed by atoms with Crippen LogP contribution in [-0.2, 0) is 4.74 Å². The summed E-state index contributed by atoms with van der Waals surface area (Å²) < 4.78 is 16.6. The molecule has 0 fully saturated rings. The number of hydrogen-bond acceptors (Lipinski definition) is 4. The zero-order valence-electron chi connectivity index (χ0n) is 13.8. The van der Waals surface area contributed by atoms with Crippen LogP contribution in [0.15, 0.2) is 36.9 Å². The van der Waals surface area contributed by atoms with Crippen molar-refractivity contribution in [2.75, 3.05) is 33.5 Å². The highest BCUT2D eigenvalue weighted by Gasteiger charge is 2.05. The Morgan fingerprint density at radius 1 is 1.18 bits per heavy atom. The number of nitrogens with one attached hydrogen (secondary N) is 1. The molecule has 4 nitrogen and oxygen atoms in total. The summed E-state index contributed by atoms with van der Waals surface area (Å²) in [5, 5.41) is 3.40. The Morgan fingerprint density at radius 2 is 1.95 bits per heavy atom. The Morgan fingerprint density at radius 3 is 2.64 bits per heavy atom. The average Bonchev–Trinajstić information content (AvgIpc) is 2.56. The van der Waals surface area contributed by atoms with Crippen LogP contribution >= 0.6 is 0 Å². The molecule has 0 bridgehead atoms. The van der Waals surface area contributed by atoms with Crippen molar-refractivity contribution in [2.45, 2.75) is 32.2 Å². The molecule has 0 aliphatic heterocycles. The molecule has 0 spiro atoms. The Bertz CT molecular complexity index is 409. The maximum Gasteiger partial charge on any atom is 0.161 e. The molecule has 1 aromatic rings. The van der Waals surface area contributed by atoms with Crippen LogP contribution in [0.5, 0.6) is 11.5 Å². The number of benzene rings is 1. The molecule has 0 saturated heterocycles. The minimum Gasteiger partial charge on any atom is -0.493 e. The lowest BCUT2D eigenvalue weighted by molar-refractivity contribution is 0.124. The van der Waals surface area contributed by atoms with Crippen molar-refractivity contribution in [2.24, 2.45) is 0 Å². The summed E-state index contributed by atoms with van der Waals surface area (Å²) >= 11 is 0. The monoisotopic (exact) mass is 307 g/mol. The second-order valence-electron chi connectivity index (χ2n) is 5.05. The van der Waals surface area contributed by atoms with Gasteiger partial charge in [0.15, 0.2) is 11.5 Å². The summed E-state index contributed by atoms with van der Waals surface area (Å²) in [7, 11) is 1.65. The predicted molar refractivity (Wildman–Crippen MR) is 90.8 cm³/mol. The van der Waals surface area contributed by atoms with Gasteiger partial charge in [-0.15, -0.1) is 6.58 Å². The summed E-state index contributed by atoms with van der Waals surface area (Å²) in [5.41, 5.74) is 0. The highest BCUT2D eigenvalue weighted by Crippen LogP contribution is 2.25. The first kappa shape index (κ1) is 18.5. The van der Waals surface area contributed by atoms with E-state index in [4.69, 9.17) is 14.2 Å². The first-order valence-electron chi connectivity index (χ1n) is 8.01. The van der Waals surface area contributed by atoms with Gasteiger partial charge in [-0.05, 0) is 25.0 Å². The standard InChI is InChI=1S/C18H29NO3/c1-4-6-13-21-14-11-16(5-2)19-12-15-22-18-10-8-7-9-17(18)20-3/h5,7-10,16,19H,2,4,6,11-15H2,1,3H3/t16-/m1/s1. The fraction of sp³-hybridized carbons (Fsp3) is 0.556. The maximum absolute atomic E-state index is 5.73. The van der Waals surface area contributed by atoms with E-state index in [0.29, 0.717) is 6.61 Å². The van der Waals surface area contributed by atoms with Crippen molar-refractivity contribution in [3.63, 3.8) is 0 Å². The average molecular weight is 307 g/mol. The van der Waals surface area contributed by atoms with E-state index in [-0.39, 0.29) is 6.04 Å². The quantitative estimate of drug-likeness (QED) is 0.448.